The molecular formula is C27H29ClF2NO5PS. The molecule has 1 N–H and O–H groups in total. The molecule has 204 valence electrons. The summed E-state index contributed by atoms with van der Waals surface area (Å²) in [6.07, 6.45) is 2.24. The molecule has 6 nitrogen and oxygen atoms in total. The molecule has 38 heavy (non-hydrogen) atoms. The van der Waals surface area contributed by atoms with Crippen LogP contribution in [0.25, 0.3) is 16.2 Å². The predicted molar refractivity (Wildman–Crippen MR) is 148 cm³/mol. The van der Waals surface area contributed by atoms with Crippen molar-refractivity contribution >= 4 is 58.3 Å². The minimum atomic E-state index is -3.62. The molecule has 1 heterocycles. The third-order valence-corrected chi connectivity index (χ3v) is 8.74. The van der Waals surface area contributed by atoms with Gasteiger partial charge in [-0.3, -0.25) is 9.36 Å². The zero-order valence-corrected chi connectivity index (χ0v) is 23.9. The van der Waals surface area contributed by atoms with Crippen LogP contribution in [0.1, 0.15) is 44.0 Å². The summed E-state index contributed by atoms with van der Waals surface area (Å²) in [5.74, 6) is -2.34. The molecule has 1 aromatic heterocycles. The zero-order chi connectivity index (χ0) is 28.1. The van der Waals surface area contributed by atoms with Gasteiger partial charge >= 0.3 is 6.09 Å². The molecule has 11 heteroatoms. The fourth-order valence-electron chi connectivity index (χ4n) is 3.73. The van der Waals surface area contributed by atoms with Crippen LogP contribution in [-0.2, 0) is 18.6 Å². The van der Waals surface area contributed by atoms with E-state index in [2.05, 4.69) is 5.32 Å². The van der Waals surface area contributed by atoms with E-state index in [1.54, 1.807) is 38.3 Å². The topological polar surface area (TPSA) is 81.7 Å². The number of benzene rings is 2. The summed E-state index contributed by atoms with van der Waals surface area (Å²) in [6.45, 7) is 6.51. The van der Waals surface area contributed by atoms with Crippen molar-refractivity contribution in [1.82, 2.24) is 5.32 Å². The lowest BCUT2D eigenvalue weighted by Crippen LogP contribution is -2.34. The number of allylic oxidation sites excluding steroid dienone is 1. The molecular weight excluding hydrogens is 555 g/mol. The van der Waals surface area contributed by atoms with E-state index in [1.807, 2.05) is 6.07 Å². The van der Waals surface area contributed by atoms with Crippen molar-refractivity contribution in [3.8, 4) is 0 Å². The minimum absolute atomic E-state index is 0.0277. The van der Waals surface area contributed by atoms with Gasteiger partial charge in [0.05, 0.1) is 6.61 Å². The normalized spacial score (nSPS) is 14.4. The Hall–Kier alpha value is -2.58. The van der Waals surface area contributed by atoms with Gasteiger partial charge < -0.3 is 14.6 Å². The van der Waals surface area contributed by atoms with Crippen LogP contribution in [0.2, 0.25) is 5.02 Å². The van der Waals surface area contributed by atoms with Crippen LogP contribution >= 0.6 is 30.3 Å². The summed E-state index contributed by atoms with van der Waals surface area (Å²) < 4.78 is 52.3. The Morgan fingerprint density at radius 1 is 1.16 bits per heavy atom. The lowest BCUT2D eigenvalue weighted by molar-refractivity contribution is -0.118. The Kier molecular flexibility index (Phi) is 9.87. The molecule has 2 aromatic carbocycles. The Bertz CT molecular complexity index is 1400. The molecule has 2 atom stereocenters. The van der Waals surface area contributed by atoms with Gasteiger partial charge in [0.1, 0.15) is 11.3 Å². The quantitative estimate of drug-likeness (QED) is 0.193. The first-order chi connectivity index (χ1) is 17.8. The molecule has 0 spiro atoms. The molecule has 0 aliphatic carbocycles. The van der Waals surface area contributed by atoms with Gasteiger partial charge in [-0.05, 0) is 73.0 Å². The van der Waals surface area contributed by atoms with Crippen molar-refractivity contribution in [2.75, 3.05) is 19.8 Å². The molecule has 0 radical (unpaired) electrons. The fourth-order valence-corrected chi connectivity index (χ4v) is 6.92. The summed E-state index contributed by atoms with van der Waals surface area (Å²) in [4.78, 5) is 25.4. The van der Waals surface area contributed by atoms with E-state index >= 15 is 0 Å². The average Bonchev–Trinajstić information content (AvgIpc) is 3.20. The molecule has 1 amide bonds. The Balaban J connectivity index is 1.80. The first-order valence-electron chi connectivity index (χ1n) is 11.8. The number of carbonyl (C=O) groups is 2. The van der Waals surface area contributed by atoms with Crippen LogP contribution in [-0.4, -0.2) is 37.3 Å². The molecule has 0 aliphatic rings. The molecule has 0 aliphatic heterocycles. The number of rotatable bonds is 10. The highest BCUT2D eigenvalue weighted by Crippen LogP contribution is 2.59. The van der Waals surface area contributed by atoms with Crippen molar-refractivity contribution in [3.05, 3.63) is 75.6 Å². The largest absolute Gasteiger partial charge is 0.444 e. The standard InChI is InChI=1S/C27H29ClF2NO5PS/c1-27(2,3)36-26(33)31-12-13-35-37(4,34)25(20-16-38-24-11-9-18(28)15-19(20)24)23(32)7-5-6-17-8-10-21(29)22(30)14-17/h5-6,8-11,14-16,25H,7,12-13H2,1-4H3,(H,31,33)/b6-5+. The fraction of sp³-hybridized carbons (Fsp3) is 0.333. The summed E-state index contributed by atoms with van der Waals surface area (Å²) >= 11 is 7.59. The number of carbonyl (C=O) groups excluding carboxylic acids is 2. The number of Topliss-reactive ketones (excluding diaryl/α,β-unsaturated/α-hetero) is 1. The van der Waals surface area contributed by atoms with E-state index in [9.17, 15) is 22.9 Å². The lowest BCUT2D eigenvalue weighted by atomic mass is 10.0. The van der Waals surface area contributed by atoms with Gasteiger partial charge in [-0.15, -0.1) is 11.3 Å². The second kappa shape index (κ2) is 12.5. The number of amides is 1. The van der Waals surface area contributed by atoms with Gasteiger partial charge in [-0.2, -0.15) is 0 Å². The van der Waals surface area contributed by atoms with Gasteiger partial charge in [-0.25, -0.2) is 13.6 Å². The lowest BCUT2D eigenvalue weighted by Gasteiger charge is -2.24. The van der Waals surface area contributed by atoms with Crippen LogP contribution in [0.15, 0.2) is 47.9 Å². The molecule has 3 rings (SSSR count). The summed E-state index contributed by atoms with van der Waals surface area (Å²) in [7, 11) is -3.62. The molecule has 0 fully saturated rings. The highest BCUT2D eigenvalue weighted by atomic mass is 35.5. The average molecular weight is 584 g/mol. The van der Waals surface area contributed by atoms with Gasteiger partial charge in [0, 0.05) is 29.4 Å². The van der Waals surface area contributed by atoms with Gasteiger partial charge in [0.15, 0.2) is 17.4 Å². The number of ketones is 1. The second-order valence-electron chi connectivity index (χ2n) is 9.65. The van der Waals surface area contributed by atoms with E-state index in [0.29, 0.717) is 21.5 Å². The number of fused-ring (bicyclic) bond motifs is 1. The first-order valence-corrected chi connectivity index (χ1v) is 15.2. The third-order valence-electron chi connectivity index (χ3n) is 5.32. The van der Waals surface area contributed by atoms with Gasteiger partial charge in [0.2, 0.25) is 7.37 Å². The van der Waals surface area contributed by atoms with Crippen molar-refractivity contribution < 1.29 is 32.2 Å². The smallest absolute Gasteiger partial charge is 0.407 e. The zero-order valence-electron chi connectivity index (χ0n) is 21.4. The molecule has 0 saturated carbocycles. The van der Waals surface area contributed by atoms with E-state index in [1.165, 1.54) is 36.2 Å². The summed E-state index contributed by atoms with van der Waals surface area (Å²) in [6, 6.07) is 8.67. The van der Waals surface area contributed by atoms with Crippen molar-refractivity contribution in [3.63, 3.8) is 0 Å². The van der Waals surface area contributed by atoms with E-state index in [4.69, 9.17) is 20.9 Å². The Morgan fingerprint density at radius 3 is 2.58 bits per heavy atom. The maximum absolute atomic E-state index is 13.8. The molecule has 0 bridgehead atoms. The van der Waals surface area contributed by atoms with Crippen molar-refractivity contribution in [1.29, 1.82) is 0 Å². The predicted octanol–water partition coefficient (Wildman–Crippen LogP) is 8.00. The highest BCUT2D eigenvalue weighted by molar-refractivity contribution is 7.59. The maximum Gasteiger partial charge on any atom is 0.407 e. The monoisotopic (exact) mass is 583 g/mol. The van der Waals surface area contributed by atoms with Crippen LogP contribution < -0.4 is 5.32 Å². The van der Waals surface area contributed by atoms with Crippen LogP contribution in [0, 0.1) is 11.6 Å². The summed E-state index contributed by atoms with van der Waals surface area (Å²) in [5.41, 5.74) is -0.863. The number of hydrogen-bond acceptors (Lipinski definition) is 6. The van der Waals surface area contributed by atoms with E-state index in [0.717, 1.165) is 16.8 Å². The van der Waals surface area contributed by atoms with Crippen LogP contribution in [0.4, 0.5) is 13.6 Å². The van der Waals surface area contributed by atoms with Crippen molar-refractivity contribution in [2.24, 2.45) is 0 Å². The number of nitrogens with one attached hydrogen (secondary N) is 1. The SMILES string of the molecule is CC(C)(C)OC(=O)NCCOP(C)(=O)C(C(=O)C/C=C/c1ccc(F)c(F)c1)c1csc2ccc(Cl)cc12. The Labute approximate surface area is 229 Å². The molecule has 0 saturated heterocycles. The highest BCUT2D eigenvalue weighted by Gasteiger charge is 2.38. The maximum atomic E-state index is 13.8. The Morgan fingerprint density at radius 2 is 1.89 bits per heavy atom. The minimum Gasteiger partial charge on any atom is -0.444 e. The number of halogens is 3. The summed E-state index contributed by atoms with van der Waals surface area (Å²) in [5, 5.41) is 5.47. The van der Waals surface area contributed by atoms with E-state index < -0.39 is 36.4 Å². The first kappa shape index (κ1) is 30.0. The number of ether oxygens (including phenoxy) is 1. The van der Waals surface area contributed by atoms with Gasteiger partial charge in [0.25, 0.3) is 0 Å². The van der Waals surface area contributed by atoms with Crippen LogP contribution in [0.3, 0.4) is 0 Å². The third kappa shape index (κ3) is 8.21. The van der Waals surface area contributed by atoms with Crippen molar-refractivity contribution in [2.45, 2.75) is 38.5 Å². The molecule has 2 unspecified atom stereocenters. The molecule has 3 aromatic rings. The second-order valence-corrected chi connectivity index (χ2v) is 13.6. The number of hydrogen-bond donors (Lipinski definition) is 1. The van der Waals surface area contributed by atoms with E-state index in [-0.39, 0.29) is 25.4 Å². The number of alkyl carbamates (subject to hydrolysis) is 1. The number of thiophene rings is 1. The van der Waals surface area contributed by atoms with Gasteiger partial charge in [-0.1, -0.05) is 29.8 Å². The van der Waals surface area contributed by atoms with Crippen LogP contribution in [0.5, 0.6) is 0 Å².